The number of hydrogen-bond donors (Lipinski definition) is 1. The van der Waals surface area contributed by atoms with Crippen molar-refractivity contribution in [2.45, 2.75) is 51.0 Å². The van der Waals surface area contributed by atoms with Crippen molar-refractivity contribution >= 4 is 5.69 Å². The van der Waals surface area contributed by atoms with Gasteiger partial charge in [0, 0.05) is 19.3 Å². The predicted molar refractivity (Wildman–Crippen MR) is 79.6 cm³/mol. The van der Waals surface area contributed by atoms with Crippen molar-refractivity contribution in [3.05, 3.63) is 29.3 Å². The number of aliphatic hydroxyl groups excluding tert-OH is 1. The lowest BCUT2D eigenvalue weighted by atomic mass is 9.82. The molecule has 1 atom stereocenters. The number of anilines is 1. The Balaban J connectivity index is 1.81. The second-order valence-electron chi connectivity index (χ2n) is 6.26. The molecule has 19 heavy (non-hydrogen) atoms. The Morgan fingerprint density at radius 2 is 1.95 bits per heavy atom. The molecule has 3 rings (SSSR count). The lowest BCUT2D eigenvalue weighted by Crippen LogP contribution is -2.25. The summed E-state index contributed by atoms with van der Waals surface area (Å²) in [4.78, 5) is 2.33. The number of hydrogen-bond acceptors (Lipinski definition) is 2. The molecule has 104 valence electrons. The van der Waals surface area contributed by atoms with Crippen LogP contribution in [0.1, 0.15) is 55.8 Å². The molecule has 1 unspecified atom stereocenters. The molecule has 1 N–H and O–H groups in total. The van der Waals surface area contributed by atoms with Crippen LogP contribution in [0, 0.1) is 5.92 Å². The highest BCUT2D eigenvalue weighted by atomic mass is 16.3. The molecule has 0 amide bonds. The van der Waals surface area contributed by atoms with Crippen LogP contribution in [0.2, 0.25) is 0 Å². The summed E-state index contributed by atoms with van der Waals surface area (Å²) >= 11 is 0. The Labute approximate surface area is 116 Å². The third-order valence-electron chi connectivity index (χ3n) is 4.89. The quantitative estimate of drug-likeness (QED) is 0.875. The van der Waals surface area contributed by atoms with Gasteiger partial charge in [-0.15, -0.1) is 0 Å². The number of benzene rings is 1. The molecule has 1 fully saturated rings. The molecule has 0 spiro atoms. The van der Waals surface area contributed by atoms with E-state index in [1.165, 1.54) is 49.8 Å². The smallest absolute Gasteiger partial charge is 0.0818 e. The highest BCUT2D eigenvalue weighted by molar-refractivity contribution is 5.56. The monoisotopic (exact) mass is 259 g/mol. The fourth-order valence-electron chi connectivity index (χ4n) is 3.71. The van der Waals surface area contributed by atoms with Crippen LogP contribution in [0.25, 0.3) is 0 Å². The molecule has 1 heterocycles. The zero-order valence-corrected chi connectivity index (χ0v) is 11.9. The average Bonchev–Trinajstić information content (AvgIpc) is 2.47. The molecule has 1 saturated carbocycles. The van der Waals surface area contributed by atoms with E-state index >= 15 is 0 Å². The van der Waals surface area contributed by atoms with Gasteiger partial charge in [-0.3, -0.25) is 0 Å². The van der Waals surface area contributed by atoms with E-state index in [0.29, 0.717) is 5.92 Å². The number of aliphatic hydroxyl groups is 1. The van der Waals surface area contributed by atoms with Crippen molar-refractivity contribution in [2.24, 2.45) is 5.92 Å². The molecule has 1 aliphatic carbocycles. The molecule has 0 saturated heterocycles. The zero-order valence-electron chi connectivity index (χ0n) is 11.9. The van der Waals surface area contributed by atoms with Crippen LogP contribution >= 0.6 is 0 Å². The van der Waals surface area contributed by atoms with Crippen molar-refractivity contribution in [3.8, 4) is 0 Å². The second kappa shape index (κ2) is 5.54. The van der Waals surface area contributed by atoms with Crippen LogP contribution in [0.5, 0.6) is 0 Å². The SMILES string of the molecule is CN1CCCc2cc(C(O)C3CCCCC3)ccc21. The molecular formula is C17H25NO. The van der Waals surface area contributed by atoms with Gasteiger partial charge in [0.2, 0.25) is 0 Å². The van der Waals surface area contributed by atoms with Crippen molar-refractivity contribution in [2.75, 3.05) is 18.5 Å². The highest BCUT2D eigenvalue weighted by Gasteiger charge is 2.24. The van der Waals surface area contributed by atoms with Gasteiger partial charge in [-0.2, -0.15) is 0 Å². The van der Waals surface area contributed by atoms with Gasteiger partial charge < -0.3 is 10.0 Å². The van der Waals surface area contributed by atoms with Crippen LogP contribution in [0.3, 0.4) is 0 Å². The maximum atomic E-state index is 10.6. The van der Waals surface area contributed by atoms with E-state index < -0.39 is 0 Å². The topological polar surface area (TPSA) is 23.5 Å². The molecule has 0 bridgehead atoms. The summed E-state index contributed by atoms with van der Waals surface area (Å²) in [5.41, 5.74) is 3.91. The summed E-state index contributed by atoms with van der Waals surface area (Å²) in [5.74, 6) is 0.480. The third-order valence-corrected chi connectivity index (χ3v) is 4.89. The van der Waals surface area contributed by atoms with Crippen molar-refractivity contribution < 1.29 is 5.11 Å². The minimum Gasteiger partial charge on any atom is -0.388 e. The first-order valence-corrected chi connectivity index (χ1v) is 7.78. The normalized spacial score (nSPS) is 22.1. The molecule has 1 aliphatic heterocycles. The minimum atomic E-state index is -0.252. The van der Waals surface area contributed by atoms with Crippen LogP contribution in [-0.4, -0.2) is 18.7 Å². The van der Waals surface area contributed by atoms with Gasteiger partial charge in [0.1, 0.15) is 0 Å². The molecule has 2 heteroatoms. The lowest BCUT2D eigenvalue weighted by Gasteiger charge is -2.30. The average molecular weight is 259 g/mol. The Morgan fingerprint density at radius 3 is 2.74 bits per heavy atom. The lowest BCUT2D eigenvalue weighted by molar-refractivity contribution is 0.0848. The van der Waals surface area contributed by atoms with Gasteiger partial charge in [-0.25, -0.2) is 0 Å². The summed E-state index contributed by atoms with van der Waals surface area (Å²) in [6, 6.07) is 6.60. The number of aryl methyl sites for hydroxylation is 1. The first-order valence-electron chi connectivity index (χ1n) is 7.78. The number of rotatable bonds is 2. The number of fused-ring (bicyclic) bond motifs is 1. The fourth-order valence-corrected chi connectivity index (χ4v) is 3.71. The Kier molecular flexibility index (Phi) is 3.79. The van der Waals surface area contributed by atoms with Gasteiger partial charge in [-0.1, -0.05) is 31.4 Å². The van der Waals surface area contributed by atoms with Crippen LogP contribution in [-0.2, 0) is 6.42 Å². The van der Waals surface area contributed by atoms with Crippen LogP contribution < -0.4 is 4.90 Å². The van der Waals surface area contributed by atoms with Crippen molar-refractivity contribution in [3.63, 3.8) is 0 Å². The first-order chi connectivity index (χ1) is 9.25. The van der Waals surface area contributed by atoms with Gasteiger partial charge in [-0.05, 0) is 48.8 Å². The van der Waals surface area contributed by atoms with E-state index in [0.717, 1.165) is 18.5 Å². The van der Waals surface area contributed by atoms with E-state index in [1.807, 2.05) is 0 Å². The van der Waals surface area contributed by atoms with Gasteiger partial charge in [0.25, 0.3) is 0 Å². The minimum absolute atomic E-state index is 0.252. The summed E-state index contributed by atoms with van der Waals surface area (Å²) in [5, 5.41) is 10.6. The number of nitrogens with zero attached hydrogens (tertiary/aromatic N) is 1. The van der Waals surface area contributed by atoms with E-state index in [-0.39, 0.29) is 6.10 Å². The van der Waals surface area contributed by atoms with Crippen LogP contribution in [0.15, 0.2) is 18.2 Å². The van der Waals surface area contributed by atoms with Gasteiger partial charge >= 0.3 is 0 Å². The van der Waals surface area contributed by atoms with E-state index in [4.69, 9.17) is 0 Å². The molecule has 2 nitrogen and oxygen atoms in total. The van der Waals surface area contributed by atoms with E-state index in [9.17, 15) is 5.11 Å². The Morgan fingerprint density at radius 1 is 1.16 bits per heavy atom. The van der Waals surface area contributed by atoms with Crippen molar-refractivity contribution in [1.29, 1.82) is 0 Å². The van der Waals surface area contributed by atoms with Crippen LogP contribution in [0.4, 0.5) is 5.69 Å². The molecule has 1 aromatic rings. The summed E-state index contributed by atoms with van der Waals surface area (Å²) in [7, 11) is 2.16. The second-order valence-corrected chi connectivity index (χ2v) is 6.26. The summed E-state index contributed by atoms with van der Waals surface area (Å²) in [6.07, 6.45) is 8.44. The molecule has 1 aromatic carbocycles. The molecule has 0 aromatic heterocycles. The van der Waals surface area contributed by atoms with E-state index in [1.54, 1.807) is 0 Å². The first kappa shape index (κ1) is 13.0. The Hall–Kier alpha value is -1.02. The standard InChI is InChI=1S/C17H25NO/c1-18-11-5-8-14-12-15(9-10-16(14)18)17(19)13-6-3-2-4-7-13/h9-10,12-13,17,19H,2-8,11H2,1H3. The maximum Gasteiger partial charge on any atom is 0.0818 e. The zero-order chi connectivity index (χ0) is 13.2. The highest BCUT2D eigenvalue weighted by Crippen LogP contribution is 2.36. The summed E-state index contributed by atoms with van der Waals surface area (Å²) < 4.78 is 0. The largest absolute Gasteiger partial charge is 0.388 e. The molecule has 2 aliphatic rings. The maximum absolute atomic E-state index is 10.6. The molecular weight excluding hydrogens is 234 g/mol. The van der Waals surface area contributed by atoms with Crippen molar-refractivity contribution in [1.82, 2.24) is 0 Å². The fraction of sp³-hybridized carbons (Fsp3) is 0.647. The van der Waals surface area contributed by atoms with Gasteiger partial charge in [0.05, 0.1) is 6.10 Å². The van der Waals surface area contributed by atoms with Gasteiger partial charge in [0.15, 0.2) is 0 Å². The van der Waals surface area contributed by atoms with E-state index in [2.05, 4.69) is 30.1 Å². The third kappa shape index (κ3) is 2.64. The molecule has 0 radical (unpaired) electrons. The Bertz CT molecular complexity index is 437. The summed E-state index contributed by atoms with van der Waals surface area (Å²) in [6.45, 7) is 1.15. The predicted octanol–water partition coefficient (Wildman–Crippen LogP) is 3.68.